The van der Waals surface area contributed by atoms with E-state index in [1.165, 1.54) is 0 Å². The van der Waals surface area contributed by atoms with E-state index in [4.69, 9.17) is 20.7 Å². The molecule has 0 aromatic carbocycles. The molecule has 10 heavy (non-hydrogen) atoms. The molecule has 4 heteroatoms. The van der Waals surface area contributed by atoms with Gasteiger partial charge in [-0.15, -0.1) is 0 Å². The van der Waals surface area contributed by atoms with Gasteiger partial charge in [0, 0.05) is 0 Å². The first-order chi connectivity index (χ1) is 4.74. The molecule has 0 radical (unpaired) electrons. The van der Waals surface area contributed by atoms with E-state index in [0.717, 1.165) is 0 Å². The number of hydrogen-bond donors (Lipinski definition) is 3. The quantitative estimate of drug-likeness (QED) is 0.435. The van der Waals surface area contributed by atoms with Crippen molar-refractivity contribution < 1.29 is 14.9 Å². The smallest absolute Gasteiger partial charge is 0.108 e. The minimum atomic E-state index is -0.551. The molecular formula is C6H13NO3. The fraction of sp³-hybridized carbons (Fsp3) is 1.00. The minimum absolute atomic E-state index is 0.158. The molecule has 60 valence electrons. The predicted octanol–water partition coefficient (Wildman–Crippen LogP) is -1.20. The Labute approximate surface area is 59.6 Å². The van der Waals surface area contributed by atoms with Crippen LogP contribution in [0.5, 0.6) is 0 Å². The molecule has 3 unspecified atom stereocenters. The van der Waals surface area contributed by atoms with E-state index in [9.17, 15) is 0 Å². The number of hydrogen-bond acceptors (Lipinski definition) is 4. The van der Waals surface area contributed by atoms with Gasteiger partial charge in [-0.05, 0) is 12.8 Å². The molecule has 0 spiro atoms. The van der Waals surface area contributed by atoms with E-state index in [1.54, 1.807) is 0 Å². The topological polar surface area (TPSA) is 75.7 Å². The molecule has 1 fully saturated rings. The molecule has 1 aliphatic rings. The normalized spacial score (nSPS) is 41.7. The third kappa shape index (κ3) is 1.67. The molecule has 0 bridgehead atoms. The zero-order chi connectivity index (χ0) is 7.56. The SMILES string of the molecule is NC1CCC(O)C(CO)O1. The molecule has 0 aromatic heterocycles. The molecule has 0 aromatic rings. The molecule has 1 aliphatic heterocycles. The van der Waals surface area contributed by atoms with Gasteiger partial charge in [0.2, 0.25) is 0 Å². The highest BCUT2D eigenvalue weighted by molar-refractivity contribution is 4.75. The molecule has 0 amide bonds. The highest BCUT2D eigenvalue weighted by Gasteiger charge is 2.26. The van der Waals surface area contributed by atoms with E-state index >= 15 is 0 Å². The predicted molar refractivity (Wildman–Crippen MR) is 35.2 cm³/mol. The van der Waals surface area contributed by atoms with Gasteiger partial charge in [-0.1, -0.05) is 0 Å². The first-order valence-electron chi connectivity index (χ1n) is 3.44. The highest BCUT2D eigenvalue weighted by Crippen LogP contribution is 2.15. The van der Waals surface area contributed by atoms with Crippen molar-refractivity contribution in [1.82, 2.24) is 0 Å². The van der Waals surface area contributed by atoms with Gasteiger partial charge in [0.25, 0.3) is 0 Å². The third-order valence-corrected chi connectivity index (χ3v) is 1.71. The summed E-state index contributed by atoms with van der Waals surface area (Å²) in [6.45, 7) is -0.158. The zero-order valence-electron chi connectivity index (χ0n) is 5.73. The summed E-state index contributed by atoms with van der Waals surface area (Å²) >= 11 is 0. The number of aliphatic hydroxyl groups excluding tert-OH is 2. The molecule has 4 nitrogen and oxygen atoms in total. The fourth-order valence-corrected chi connectivity index (χ4v) is 1.07. The molecule has 1 saturated heterocycles. The number of nitrogens with two attached hydrogens (primary N) is 1. The standard InChI is InChI=1S/C6H13NO3/c7-6-2-1-4(9)5(3-8)10-6/h4-6,8-9H,1-3,7H2. The second kappa shape index (κ2) is 3.30. The van der Waals surface area contributed by atoms with Crippen molar-refractivity contribution in [3.63, 3.8) is 0 Å². The lowest BCUT2D eigenvalue weighted by Crippen LogP contribution is -2.44. The van der Waals surface area contributed by atoms with Crippen molar-refractivity contribution in [2.75, 3.05) is 6.61 Å². The van der Waals surface area contributed by atoms with Crippen molar-refractivity contribution in [3.05, 3.63) is 0 Å². The van der Waals surface area contributed by atoms with Crippen molar-refractivity contribution in [1.29, 1.82) is 0 Å². The summed E-state index contributed by atoms with van der Waals surface area (Å²) in [5.41, 5.74) is 5.42. The highest BCUT2D eigenvalue weighted by atomic mass is 16.5. The maximum absolute atomic E-state index is 9.15. The van der Waals surface area contributed by atoms with Crippen LogP contribution in [0.15, 0.2) is 0 Å². The molecule has 1 rings (SSSR count). The van der Waals surface area contributed by atoms with Crippen LogP contribution in [0.3, 0.4) is 0 Å². The summed E-state index contributed by atoms with van der Waals surface area (Å²) in [6, 6.07) is 0. The Morgan fingerprint density at radius 1 is 1.50 bits per heavy atom. The van der Waals surface area contributed by atoms with Crippen LogP contribution in [-0.4, -0.2) is 35.3 Å². The number of rotatable bonds is 1. The van der Waals surface area contributed by atoms with Crippen LogP contribution >= 0.6 is 0 Å². The van der Waals surface area contributed by atoms with Crippen molar-refractivity contribution in [2.45, 2.75) is 31.3 Å². The van der Waals surface area contributed by atoms with Gasteiger partial charge in [0.15, 0.2) is 0 Å². The van der Waals surface area contributed by atoms with Crippen LogP contribution in [0.25, 0.3) is 0 Å². The molecule has 4 N–H and O–H groups in total. The Kier molecular flexibility index (Phi) is 2.62. The van der Waals surface area contributed by atoms with Gasteiger partial charge >= 0.3 is 0 Å². The summed E-state index contributed by atoms with van der Waals surface area (Å²) in [5, 5.41) is 17.8. The van der Waals surface area contributed by atoms with Crippen LogP contribution in [0.1, 0.15) is 12.8 Å². The number of aliphatic hydroxyl groups is 2. The first-order valence-corrected chi connectivity index (χ1v) is 3.44. The van der Waals surface area contributed by atoms with Crippen LogP contribution < -0.4 is 5.73 Å². The van der Waals surface area contributed by atoms with Crippen molar-refractivity contribution in [2.24, 2.45) is 5.73 Å². The van der Waals surface area contributed by atoms with E-state index in [1.807, 2.05) is 0 Å². The van der Waals surface area contributed by atoms with Gasteiger partial charge in [0.05, 0.1) is 12.7 Å². The van der Waals surface area contributed by atoms with Gasteiger partial charge < -0.3 is 20.7 Å². The van der Waals surface area contributed by atoms with E-state index < -0.39 is 12.2 Å². The average molecular weight is 147 g/mol. The van der Waals surface area contributed by atoms with E-state index in [0.29, 0.717) is 12.8 Å². The molecule has 0 saturated carbocycles. The Bertz CT molecular complexity index is 109. The summed E-state index contributed by atoms with van der Waals surface area (Å²) in [5.74, 6) is 0. The Balaban J connectivity index is 2.38. The molecule has 1 heterocycles. The van der Waals surface area contributed by atoms with Crippen molar-refractivity contribution in [3.8, 4) is 0 Å². The monoisotopic (exact) mass is 147 g/mol. The van der Waals surface area contributed by atoms with Crippen molar-refractivity contribution >= 4 is 0 Å². The maximum atomic E-state index is 9.15. The van der Waals surface area contributed by atoms with Crippen LogP contribution in [-0.2, 0) is 4.74 Å². The maximum Gasteiger partial charge on any atom is 0.108 e. The summed E-state index contributed by atoms with van der Waals surface area (Å²) in [4.78, 5) is 0. The molecule has 3 atom stereocenters. The van der Waals surface area contributed by atoms with Gasteiger partial charge in [-0.25, -0.2) is 0 Å². The van der Waals surface area contributed by atoms with Gasteiger partial charge in [-0.2, -0.15) is 0 Å². The lowest BCUT2D eigenvalue weighted by Gasteiger charge is -2.30. The molecular weight excluding hydrogens is 134 g/mol. The second-order valence-electron chi connectivity index (χ2n) is 2.54. The summed E-state index contributed by atoms with van der Waals surface area (Å²) in [6.07, 6.45) is -0.0709. The zero-order valence-corrected chi connectivity index (χ0v) is 5.73. The molecule has 0 aliphatic carbocycles. The van der Waals surface area contributed by atoms with Gasteiger partial charge in [-0.3, -0.25) is 0 Å². The largest absolute Gasteiger partial charge is 0.394 e. The summed E-state index contributed by atoms with van der Waals surface area (Å²) < 4.78 is 5.03. The fourth-order valence-electron chi connectivity index (χ4n) is 1.07. The Hall–Kier alpha value is -0.160. The van der Waals surface area contributed by atoms with E-state index in [-0.39, 0.29) is 12.8 Å². The second-order valence-corrected chi connectivity index (χ2v) is 2.54. The Morgan fingerprint density at radius 3 is 2.70 bits per heavy atom. The van der Waals surface area contributed by atoms with Crippen LogP contribution in [0.2, 0.25) is 0 Å². The van der Waals surface area contributed by atoms with Crippen LogP contribution in [0, 0.1) is 0 Å². The van der Waals surface area contributed by atoms with E-state index in [2.05, 4.69) is 0 Å². The van der Waals surface area contributed by atoms with Gasteiger partial charge in [0.1, 0.15) is 12.3 Å². The van der Waals surface area contributed by atoms with Crippen LogP contribution in [0.4, 0.5) is 0 Å². The minimum Gasteiger partial charge on any atom is -0.394 e. The average Bonchev–Trinajstić information content (AvgIpc) is 1.94. The first kappa shape index (κ1) is 7.94. The number of ether oxygens (including phenoxy) is 1. The summed E-state index contributed by atoms with van der Waals surface area (Å²) in [7, 11) is 0. The third-order valence-electron chi connectivity index (χ3n) is 1.71. The lowest BCUT2D eigenvalue weighted by molar-refractivity contribution is -0.131. The lowest BCUT2D eigenvalue weighted by atomic mass is 10.1. The Morgan fingerprint density at radius 2 is 2.20 bits per heavy atom.